The highest BCUT2D eigenvalue weighted by Gasteiger charge is 2.21. The van der Waals surface area contributed by atoms with Crippen LogP contribution in [0.2, 0.25) is 0 Å². The fourth-order valence-electron chi connectivity index (χ4n) is 2.00. The summed E-state index contributed by atoms with van der Waals surface area (Å²) in [5, 5.41) is 12.2. The fourth-order valence-corrected chi connectivity index (χ4v) is 2.51. The van der Waals surface area contributed by atoms with E-state index in [9.17, 15) is 4.39 Å². The molecule has 1 saturated heterocycles. The molecule has 0 saturated carbocycles. The van der Waals surface area contributed by atoms with Crippen LogP contribution in [0.25, 0.3) is 0 Å². The minimum absolute atomic E-state index is 0.134. The quantitative estimate of drug-likeness (QED) is 0.906. The van der Waals surface area contributed by atoms with E-state index >= 15 is 0 Å². The van der Waals surface area contributed by atoms with Crippen LogP contribution < -0.4 is 5.32 Å². The van der Waals surface area contributed by atoms with Gasteiger partial charge in [-0.1, -0.05) is 15.9 Å². The van der Waals surface area contributed by atoms with Gasteiger partial charge in [0.1, 0.15) is 11.9 Å². The molecule has 0 spiro atoms. The molecule has 3 nitrogen and oxygen atoms in total. The second-order valence-electron chi connectivity index (χ2n) is 4.10. The molecule has 5 heteroatoms. The van der Waals surface area contributed by atoms with E-state index in [1.54, 1.807) is 0 Å². The van der Waals surface area contributed by atoms with Crippen molar-refractivity contribution in [3.63, 3.8) is 0 Å². The Labute approximate surface area is 108 Å². The SMILES string of the molecule is N#CC1CNCCN1Cc1cc(F)cc(Br)c1. The van der Waals surface area contributed by atoms with E-state index in [2.05, 4.69) is 32.2 Å². The van der Waals surface area contributed by atoms with E-state index in [4.69, 9.17) is 5.26 Å². The number of halogens is 2. The van der Waals surface area contributed by atoms with E-state index < -0.39 is 0 Å². The van der Waals surface area contributed by atoms with Gasteiger partial charge in [-0.3, -0.25) is 4.90 Å². The van der Waals surface area contributed by atoms with E-state index in [1.807, 2.05) is 6.07 Å². The molecule has 0 radical (unpaired) electrons. The number of rotatable bonds is 2. The lowest BCUT2D eigenvalue weighted by Crippen LogP contribution is -2.49. The molecule has 90 valence electrons. The van der Waals surface area contributed by atoms with Crippen LogP contribution >= 0.6 is 15.9 Å². The lowest BCUT2D eigenvalue weighted by Gasteiger charge is -2.31. The number of piperazine rings is 1. The molecular weight excluding hydrogens is 285 g/mol. The van der Waals surface area contributed by atoms with Crippen LogP contribution in [0.3, 0.4) is 0 Å². The largest absolute Gasteiger partial charge is 0.313 e. The van der Waals surface area contributed by atoms with Gasteiger partial charge in [0.15, 0.2) is 0 Å². The first-order chi connectivity index (χ1) is 8.19. The third-order valence-electron chi connectivity index (χ3n) is 2.81. The van der Waals surface area contributed by atoms with Crippen LogP contribution in [0.15, 0.2) is 22.7 Å². The van der Waals surface area contributed by atoms with Crippen LogP contribution in [-0.2, 0) is 6.54 Å². The Bertz CT molecular complexity index is 424. The van der Waals surface area contributed by atoms with E-state index in [0.29, 0.717) is 13.1 Å². The van der Waals surface area contributed by atoms with Gasteiger partial charge in [0.2, 0.25) is 0 Å². The van der Waals surface area contributed by atoms with E-state index in [1.165, 1.54) is 12.1 Å². The van der Waals surface area contributed by atoms with Crippen molar-refractivity contribution in [1.82, 2.24) is 10.2 Å². The molecule has 0 aliphatic carbocycles. The molecule has 1 unspecified atom stereocenters. The Balaban J connectivity index is 2.11. The Morgan fingerprint density at radius 1 is 1.53 bits per heavy atom. The molecule has 1 heterocycles. The summed E-state index contributed by atoms with van der Waals surface area (Å²) in [6.45, 7) is 2.96. The first-order valence-corrected chi connectivity index (χ1v) is 6.27. The minimum atomic E-state index is -0.252. The smallest absolute Gasteiger partial charge is 0.124 e. The number of nitrogens with one attached hydrogen (secondary N) is 1. The van der Waals surface area contributed by atoms with Crippen molar-refractivity contribution < 1.29 is 4.39 Å². The first-order valence-electron chi connectivity index (χ1n) is 5.48. The summed E-state index contributed by atoms with van der Waals surface area (Å²) in [5.74, 6) is -0.252. The molecular formula is C12H13BrFN3. The molecule has 1 N–H and O–H groups in total. The summed E-state index contributed by atoms with van der Waals surface area (Å²) >= 11 is 3.27. The van der Waals surface area contributed by atoms with Gasteiger partial charge in [0, 0.05) is 30.7 Å². The van der Waals surface area contributed by atoms with Gasteiger partial charge < -0.3 is 5.32 Å². The van der Waals surface area contributed by atoms with Crippen LogP contribution in [0.1, 0.15) is 5.56 Å². The molecule has 0 bridgehead atoms. The third-order valence-corrected chi connectivity index (χ3v) is 3.27. The van der Waals surface area contributed by atoms with Gasteiger partial charge in [0.25, 0.3) is 0 Å². The zero-order chi connectivity index (χ0) is 12.3. The maximum Gasteiger partial charge on any atom is 0.124 e. The summed E-state index contributed by atoms with van der Waals surface area (Å²) in [6, 6.07) is 6.97. The Morgan fingerprint density at radius 2 is 2.35 bits per heavy atom. The van der Waals surface area contributed by atoms with Crippen molar-refractivity contribution in [3.8, 4) is 6.07 Å². The Kier molecular flexibility index (Phi) is 4.11. The molecule has 1 aliphatic heterocycles. The van der Waals surface area contributed by atoms with Crippen molar-refractivity contribution in [2.75, 3.05) is 19.6 Å². The molecule has 1 atom stereocenters. The van der Waals surface area contributed by atoms with E-state index in [0.717, 1.165) is 23.1 Å². The van der Waals surface area contributed by atoms with Crippen LogP contribution in [0.4, 0.5) is 4.39 Å². The van der Waals surface area contributed by atoms with Gasteiger partial charge in [-0.2, -0.15) is 5.26 Å². The van der Waals surface area contributed by atoms with Gasteiger partial charge in [0.05, 0.1) is 6.07 Å². The highest BCUT2D eigenvalue weighted by Crippen LogP contribution is 2.17. The summed E-state index contributed by atoms with van der Waals surface area (Å²) in [5.41, 5.74) is 0.888. The standard InChI is InChI=1S/C12H13BrFN3/c13-10-3-9(4-11(14)5-10)8-17-2-1-16-7-12(17)6-15/h3-5,12,16H,1-2,7-8H2. The van der Waals surface area contributed by atoms with Crippen molar-refractivity contribution in [3.05, 3.63) is 34.1 Å². The molecule has 17 heavy (non-hydrogen) atoms. The van der Waals surface area contributed by atoms with Gasteiger partial charge in [-0.25, -0.2) is 4.39 Å². The van der Waals surface area contributed by atoms with Gasteiger partial charge >= 0.3 is 0 Å². The molecule has 1 aromatic rings. The average Bonchev–Trinajstić information content (AvgIpc) is 2.28. The molecule has 0 aromatic heterocycles. The molecule has 1 fully saturated rings. The van der Waals surface area contributed by atoms with Crippen molar-refractivity contribution in [1.29, 1.82) is 5.26 Å². The van der Waals surface area contributed by atoms with Gasteiger partial charge in [-0.15, -0.1) is 0 Å². The Hall–Kier alpha value is -0.960. The van der Waals surface area contributed by atoms with Crippen molar-refractivity contribution >= 4 is 15.9 Å². The molecule has 1 aliphatic rings. The third kappa shape index (κ3) is 3.25. The highest BCUT2D eigenvalue weighted by atomic mass is 79.9. The maximum atomic E-state index is 13.2. The number of hydrogen-bond donors (Lipinski definition) is 1. The topological polar surface area (TPSA) is 39.1 Å². The highest BCUT2D eigenvalue weighted by molar-refractivity contribution is 9.10. The lowest BCUT2D eigenvalue weighted by atomic mass is 10.1. The molecule has 2 rings (SSSR count). The van der Waals surface area contributed by atoms with Crippen molar-refractivity contribution in [2.24, 2.45) is 0 Å². The summed E-state index contributed by atoms with van der Waals surface area (Å²) in [7, 11) is 0. The van der Waals surface area contributed by atoms with Crippen LogP contribution in [0.5, 0.6) is 0 Å². The summed E-state index contributed by atoms with van der Waals surface area (Å²) in [4.78, 5) is 2.07. The normalized spacial score (nSPS) is 21.1. The number of hydrogen-bond acceptors (Lipinski definition) is 3. The predicted molar refractivity (Wildman–Crippen MR) is 66.8 cm³/mol. The number of nitrogens with zero attached hydrogens (tertiary/aromatic N) is 2. The molecule has 0 amide bonds. The minimum Gasteiger partial charge on any atom is -0.313 e. The zero-order valence-electron chi connectivity index (χ0n) is 9.29. The van der Waals surface area contributed by atoms with Crippen molar-refractivity contribution in [2.45, 2.75) is 12.6 Å². The zero-order valence-corrected chi connectivity index (χ0v) is 10.9. The first kappa shape index (κ1) is 12.5. The number of nitriles is 1. The van der Waals surface area contributed by atoms with Crippen LogP contribution in [-0.4, -0.2) is 30.6 Å². The average molecular weight is 298 g/mol. The second kappa shape index (κ2) is 5.58. The lowest BCUT2D eigenvalue weighted by molar-refractivity contribution is 0.189. The van der Waals surface area contributed by atoms with E-state index in [-0.39, 0.29) is 11.9 Å². The summed E-state index contributed by atoms with van der Waals surface area (Å²) < 4.78 is 14.0. The molecule has 1 aromatic carbocycles. The van der Waals surface area contributed by atoms with Crippen LogP contribution in [0, 0.1) is 17.1 Å². The maximum absolute atomic E-state index is 13.2. The fraction of sp³-hybridized carbons (Fsp3) is 0.417. The summed E-state index contributed by atoms with van der Waals surface area (Å²) in [6.07, 6.45) is 0. The monoisotopic (exact) mass is 297 g/mol. The predicted octanol–water partition coefficient (Wildman–Crippen LogP) is 1.89. The van der Waals surface area contributed by atoms with Gasteiger partial charge in [-0.05, 0) is 23.8 Å². The Morgan fingerprint density at radius 3 is 3.06 bits per heavy atom. The number of benzene rings is 1. The second-order valence-corrected chi connectivity index (χ2v) is 5.01.